The Morgan fingerprint density at radius 3 is 2.40 bits per heavy atom. The largest absolute Gasteiger partial charge is 0.459 e. The first-order chi connectivity index (χ1) is 8.87. The van der Waals surface area contributed by atoms with Gasteiger partial charge in [-0.2, -0.15) is 0 Å². The molecule has 0 spiro atoms. The lowest BCUT2D eigenvalue weighted by Gasteiger charge is -2.45. The van der Waals surface area contributed by atoms with Crippen molar-refractivity contribution in [1.29, 1.82) is 0 Å². The summed E-state index contributed by atoms with van der Waals surface area (Å²) in [7, 11) is 0. The van der Waals surface area contributed by atoms with Crippen molar-refractivity contribution in [3.63, 3.8) is 0 Å². The summed E-state index contributed by atoms with van der Waals surface area (Å²) in [6, 6.07) is 10.2. The standard InChI is InChI=1S/C16H23NO2.ClH/c1-12-10-17(11-13-8-6-5-7-9-13)14(12)15(18)19-16(2,3)4;/h5-9,12,14H,10-11H2,1-4H3;1H/t12-,14?;/m0./s1. The first-order valence-electron chi connectivity index (χ1n) is 6.87. The third kappa shape index (κ3) is 4.22. The summed E-state index contributed by atoms with van der Waals surface area (Å²) in [4.78, 5) is 14.4. The van der Waals surface area contributed by atoms with Gasteiger partial charge >= 0.3 is 5.97 Å². The number of rotatable bonds is 3. The topological polar surface area (TPSA) is 29.5 Å². The molecule has 0 aliphatic carbocycles. The van der Waals surface area contributed by atoms with Crippen LogP contribution in [0.25, 0.3) is 0 Å². The lowest BCUT2D eigenvalue weighted by molar-refractivity contribution is -0.171. The molecule has 1 aliphatic rings. The molecule has 0 radical (unpaired) electrons. The Labute approximate surface area is 127 Å². The first-order valence-corrected chi connectivity index (χ1v) is 6.87. The van der Waals surface area contributed by atoms with Crippen LogP contribution in [0.3, 0.4) is 0 Å². The monoisotopic (exact) mass is 297 g/mol. The van der Waals surface area contributed by atoms with Crippen LogP contribution < -0.4 is 0 Å². The normalized spacial score (nSPS) is 22.6. The molecule has 1 aromatic carbocycles. The minimum Gasteiger partial charge on any atom is -0.459 e. The molecule has 0 aromatic heterocycles. The zero-order chi connectivity index (χ0) is 14.0. The number of carbonyl (C=O) groups is 1. The fraction of sp³-hybridized carbons (Fsp3) is 0.562. The number of hydrogen-bond donors (Lipinski definition) is 0. The van der Waals surface area contributed by atoms with E-state index in [-0.39, 0.29) is 24.4 Å². The van der Waals surface area contributed by atoms with Crippen LogP contribution in [-0.4, -0.2) is 29.1 Å². The van der Waals surface area contributed by atoms with E-state index in [1.165, 1.54) is 5.56 Å². The van der Waals surface area contributed by atoms with Crippen LogP contribution in [0, 0.1) is 5.92 Å². The highest BCUT2D eigenvalue weighted by molar-refractivity contribution is 5.85. The maximum absolute atomic E-state index is 12.2. The van der Waals surface area contributed by atoms with Gasteiger partial charge in [-0.25, -0.2) is 0 Å². The molecular weight excluding hydrogens is 274 g/mol. The Hall–Kier alpha value is -1.06. The average molecular weight is 298 g/mol. The maximum atomic E-state index is 12.2. The van der Waals surface area contributed by atoms with Crippen molar-refractivity contribution in [2.75, 3.05) is 6.54 Å². The van der Waals surface area contributed by atoms with Crippen LogP contribution in [0.1, 0.15) is 33.3 Å². The second-order valence-corrected chi connectivity index (χ2v) is 6.37. The van der Waals surface area contributed by atoms with Gasteiger partial charge < -0.3 is 4.74 Å². The molecule has 0 saturated carbocycles. The zero-order valence-electron chi connectivity index (χ0n) is 12.6. The van der Waals surface area contributed by atoms with Gasteiger partial charge in [-0.05, 0) is 32.3 Å². The molecule has 0 amide bonds. The third-order valence-electron chi connectivity index (χ3n) is 3.33. The highest BCUT2D eigenvalue weighted by Crippen LogP contribution is 2.28. The summed E-state index contributed by atoms with van der Waals surface area (Å²) >= 11 is 0. The number of hydrogen-bond acceptors (Lipinski definition) is 3. The van der Waals surface area contributed by atoms with Crippen molar-refractivity contribution in [3.8, 4) is 0 Å². The van der Waals surface area contributed by atoms with Crippen LogP contribution >= 0.6 is 12.4 Å². The number of benzene rings is 1. The van der Waals surface area contributed by atoms with Gasteiger partial charge in [-0.1, -0.05) is 37.3 Å². The molecule has 1 aromatic rings. The smallest absolute Gasteiger partial charge is 0.324 e. The van der Waals surface area contributed by atoms with Gasteiger partial charge in [0.15, 0.2) is 0 Å². The predicted octanol–water partition coefficient (Wildman–Crippen LogP) is 3.27. The fourth-order valence-corrected chi connectivity index (χ4v) is 2.53. The molecule has 3 nitrogen and oxygen atoms in total. The van der Waals surface area contributed by atoms with E-state index in [1.807, 2.05) is 39.0 Å². The van der Waals surface area contributed by atoms with Crippen molar-refractivity contribution >= 4 is 18.4 Å². The molecule has 0 bridgehead atoms. The highest BCUT2D eigenvalue weighted by Gasteiger charge is 2.43. The van der Waals surface area contributed by atoms with E-state index in [0.717, 1.165) is 13.1 Å². The van der Waals surface area contributed by atoms with Crippen molar-refractivity contribution in [2.24, 2.45) is 5.92 Å². The van der Waals surface area contributed by atoms with Gasteiger partial charge in [-0.15, -0.1) is 12.4 Å². The summed E-state index contributed by atoms with van der Waals surface area (Å²) in [5.74, 6) is 0.278. The van der Waals surface area contributed by atoms with Crippen LogP contribution in [0.5, 0.6) is 0 Å². The highest BCUT2D eigenvalue weighted by atomic mass is 35.5. The fourth-order valence-electron chi connectivity index (χ4n) is 2.53. The summed E-state index contributed by atoms with van der Waals surface area (Å²) in [5.41, 5.74) is 0.827. The molecule has 20 heavy (non-hydrogen) atoms. The predicted molar refractivity (Wildman–Crippen MR) is 82.9 cm³/mol. The summed E-state index contributed by atoms with van der Waals surface area (Å²) < 4.78 is 5.50. The molecule has 4 heteroatoms. The summed E-state index contributed by atoms with van der Waals surface area (Å²) in [6.07, 6.45) is 0. The number of carbonyl (C=O) groups excluding carboxylic acids is 1. The van der Waals surface area contributed by atoms with Gasteiger partial charge in [0, 0.05) is 13.1 Å². The molecule has 1 aliphatic heterocycles. The molecule has 112 valence electrons. The number of likely N-dealkylation sites (tertiary alicyclic amines) is 1. The van der Waals surface area contributed by atoms with E-state index >= 15 is 0 Å². The maximum Gasteiger partial charge on any atom is 0.324 e. The van der Waals surface area contributed by atoms with Crippen LogP contribution in [0.2, 0.25) is 0 Å². The second kappa shape index (κ2) is 6.59. The number of esters is 1. The molecule has 2 rings (SSSR count). The van der Waals surface area contributed by atoms with Gasteiger partial charge in [0.25, 0.3) is 0 Å². The zero-order valence-corrected chi connectivity index (χ0v) is 13.4. The Morgan fingerprint density at radius 2 is 1.90 bits per heavy atom. The minimum atomic E-state index is -0.412. The van der Waals surface area contributed by atoms with Crippen molar-refractivity contribution in [3.05, 3.63) is 35.9 Å². The summed E-state index contributed by atoms with van der Waals surface area (Å²) in [6.45, 7) is 9.62. The van der Waals surface area contributed by atoms with E-state index in [2.05, 4.69) is 24.0 Å². The van der Waals surface area contributed by atoms with E-state index in [0.29, 0.717) is 5.92 Å². The van der Waals surface area contributed by atoms with Gasteiger partial charge in [0.2, 0.25) is 0 Å². The number of halogens is 1. The molecule has 1 fully saturated rings. The van der Waals surface area contributed by atoms with E-state index in [4.69, 9.17) is 4.74 Å². The molecular formula is C16H24ClNO2. The van der Waals surface area contributed by atoms with Gasteiger partial charge in [0.1, 0.15) is 11.6 Å². The Morgan fingerprint density at radius 1 is 1.30 bits per heavy atom. The Kier molecular flexibility index (Phi) is 5.60. The van der Waals surface area contributed by atoms with Crippen LogP contribution in [-0.2, 0) is 16.1 Å². The Bertz CT molecular complexity index is 442. The van der Waals surface area contributed by atoms with E-state index in [9.17, 15) is 4.79 Å². The van der Waals surface area contributed by atoms with Crippen LogP contribution in [0.4, 0.5) is 0 Å². The number of ether oxygens (including phenoxy) is 1. The third-order valence-corrected chi connectivity index (χ3v) is 3.33. The van der Waals surface area contributed by atoms with E-state index < -0.39 is 5.60 Å². The first kappa shape index (κ1) is 17.0. The molecule has 1 saturated heterocycles. The number of nitrogens with zero attached hydrogens (tertiary/aromatic N) is 1. The molecule has 0 N–H and O–H groups in total. The van der Waals surface area contributed by atoms with Crippen LogP contribution in [0.15, 0.2) is 30.3 Å². The average Bonchev–Trinajstić information content (AvgIpc) is 2.26. The van der Waals surface area contributed by atoms with Crippen molar-refractivity contribution < 1.29 is 9.53 Å². The lowest BCUT2D eigenvalue weighted by Crippen LogP contribution is -2.59. The molecule has 1 unspecified atom stereocenters. The Balaban J connectivity index is 0.00000200. The van der Waals surface area contributed by atoms with Crippen molar-refractivity contribution in [2.45, 2.75) is 45.9 Å². The van der Waals surface area contributed by atoms with E-state index in [1.54, 1.807) is 0 Å². The minimum absolute atomic E-state index is 0. The molecule has 1 heterocycles. The van der Waals surface area contributed by atoms with Crippen molar-refractivity contribution in [1.82, 2.24) is 4.90 Å². The SMILES string of the molecule is C[C@H]1CN(Cc2ccccc2)C1C(=O)OC(C)(C)C.Cl. The second-order valence-electron chi connectivity index (χ2n) is 6.37. The summed E-state index contributed by atoms with van der Waals surface area (Å²) in [5, 5.41) is 0. The van der Waals surface area contributed by atoms with Gasteiger partial charge in [0.05, 0.1) is 0 Å². The molecule has 2 atom stereocenters. The quantitative estimate of drug-likeness (QED) is 0.802. The lowest BCUT2D eigenvalue weighted by atomic mass is 9.89. The van der Waals surface area contributed by atoms with Gasteiger partial charge in [-0.3, -0.25) is 9.69 Å².